The minimum atomic E-state index is -4.16. The lowest BCUT2D eigenvalue weighted by molar-refractivity contribution is -0.189. The molecule has 1 fully saturated rings. The van der Waals surface area contributed by atoms with Crippen molar-refractivity contribution >= 4 is 5.97 Å². The second-order valence-corrected chi connectivity index (χ2v) is 5.05. The molecule has 6 heteroatoms. The first-order valence-corrected chi connectivity index (χ1v) is 6.84. The molecule has 1 N–H and O–H groups in total. The zero-order valence-electron chi connectivity index (χ0n) is 11.5. The van der Waals surface area contributed by atoms with Crippen molar-refractivity contribution in [1.29, 1.82) is 0 Å². The number of ether oxygens (including phenoxy) is 1. The second kappa shape index (κ2) is 6.59. The van der Waals surface area contributed by atoms with Crippen LogP contribution in [0.1, 0.15) is 46.0 Å². The molecule has 0 amide bonds. The average Bonchev–Trinajstić information content (AvgIpc) is 2.36. The topological polar surface area (TPSA) is 38.3 Å². The summed E-state index contributed by atoms with van der Waals surface area (Å²) in [7, 11) is 0. The Balaban J connectivity index is 2.71. The Morgan fingerprint density at radius 1 is 1.32 bits per heavy atom. The molecule has 0 spiro atoms. The van der Waals surface area contributed by atoms with Gasteiger partial charge in [0, 0.05) is 0 Å². The Bertz CT molecular complexity index is 297. The Kier molecular flexibility index (Phi) is 5.64. The summed E-state index contributed by atoms with van der Waals surface area (Å²) < 4.78 is 43.0. The highest BCUT2D eigenvalue weighted by Gasteiger charge is 2.49. The minimum Gasteiger partial charge on any atom is -0.465 e. The van der Waals surface area contributed by atoms with E-state index in [2.05, 4.69) is 5.32 Å². The monoisotopic (exact) mass is 281 g/mol. The zero-order chi connectivity index (χ0) is 14.5. The Hall–Kier alpha value is -0.780. The van der Waals surface area contributed by atoms with Crippen LogP contribution in [-0.4, -0.2) is 30.8 Å². The fraction of sp³-hybridized carbons (Fsp3) is 0.923. The molecule has 0 unspecified atom stereocenters. The Morgan fingerprint density at radius 2 is 1.89 bits per heavy atom. The summed E-state index contributed by atoms with van der Waals surface area (Å²) in [4.78, 5) is 12.0. The van der Waals surface area contributed by atoms with Gasteiger partial charge in [-0.3, -0.25) is 4.79 Å². The van der Waals surface area contributed by atoms with E-state index in [9.17, 15) is 18.0 Å². The van der Waals surface area contributed by atoms with E-state index in [0.29, 0.717) is 6.54 Å². The van der Waals surface area contributed by atoms with Gasteiger partial charge in [0.2, 0.25) is 0 Å². The molecule has 1 aliphatic carbocycles. The SMILES string of the molecule is CCCNC1(C(=O)OCC)CCC(C(F)(F)F)CC1. The lowest BCUT2D eigenvalue weighted by Crippen LogP contribution is -2.56. The number of carbonyl (C=O) groups excluding carboxylic acids is 1. The summed E-state index contributed by atoms with van der Waals surface area (Å²) in [6.45, 7) is 4.51. The fourth-order valence-electron chi connectivity index (χ4n) is 2.52. The van der Waals surface area contributed by atoms with Crippen molar-refractivity contribution in [2.75, 3.05) is 13.2 Å². The van der Waals surface area contributed by atoms with Gasteiger partial charge in [0.05, 0.1) is 12.5 Å². The van der Waals surface area contributed by atoms with Gasteiger partial charge in [-0.25, -0.2) is 0 Å². The van der Waals surface area contributed by atoms with Gasteiger partial charge in [-0.2, -0.15) is 13.2 Å². The summed E-state index contributed by atoms with van der Waals surface area (Å²) >= 11 is 0. The molecule has 112 valence electrons. The maximum absolute atomic E-state index is 12.7. The molecule has 0 radical (unpaired) electrons. The van der Waals surface area contributed by atoms with Crippen LogP contribution in [0.2, 0.25) is 0 Å². The molecule has 19 heavy (non-hydrogen) atoms. The van der Waals surface area contributed by atoms with Crippen LogP contribution in [0.5, 0.6) is 0 Å². The predicted molar refractivity (Wildman–Crippen MR) is 65.7 cm³/mol. The molecule has 1 aliphatic rings. The van der Waals surface area contributed by atoms with Gasteiger partial charge in [-0.1, -0.05) is 6.92 Å². The first-order chi connectivity index (χ1) is 8.85. The van der Waals surface area contributed by atoms with Crippen LogP contribution in [0.15, 0.2) is 0 Å². The van der Waals surface area contributed by atoms with E-state index in [-0.39, 0.29) is 32.3 Å². The molecule has 0 aromatic heterocycles. The van der Waals surface area contributed by atoms with Gasteiger partial charge in [0.25, 0.3) is 0 Å². The van der Waals surface area contributed by atoms with E-state index in [0.717, 1.165) is 6.42 Å². The van der Waals surface area contributed by atoms with E-state index in [1.807, 2.05) is 6.92 Å². The number of alkyl halides is 3. The van der Waals surface area contributed by atoms with Gasteiger partial charge in [-0.15, -0.1) is 0 Å². The zero-order valence-corrected chi connectivity index (χ0v) is 11.5. The number of halogens is 3. The highest BCUT2D eigenvalue weighted by Crippen LogP contribution is 2.41. The van der Waals surface area contributed by atoms with Crippen molar-refractivity contribution < 1.29 is 22.7 Å². The predicted octanol–water partition coefficient (Wildman–Crippen LogP) is 3.04. The molecule has 0 atom stereocenters. The van der Waals surface area contributed by atoms with Crippen LogP contribution >= 0.6 is 0 Å². The molecule has 0 heterocycles. The van der Waals surface area contributed by atoms with Crippen molar-refractivity contribution in [1.82, 2.24) is 5.32 Å². The molecule has 0 bridgehead atoms. The number of hydrogen-bond donors (Lipinski definition) is 1. The van der Waals surface area contributed by atoms with Crippen molar-refractivity contribution in [3.8, 4) is 0 Å². The molecule has 0 aromatic rings. The lowest BCUT2D eigenvalue weighted by Gasteiger charge is -2.39. The number of carbonyl (C=O) groups is 1. The van der Waals surface area contributed by atoms with Crippen molar-refractivity contribution in [3.05, 3.63) is 0 Å². The van der Waals surface area contributed by atoms with Crippen molar-refractivity contribution in [2.24, 2.45) is 5.92 Å². The summed E-state index contributed by atoms with van der Waals surface area (Å²) in [5.74, 6) is -1.71. The first-order valence-electron chi connectivity index (χ1n) is 6.84. The summed E-state index contributed by atoms with van der Waals surface area (Å²) in [5.41, 5.74) is -0.923. The third-order valence-corrected chi connectivity index (χ3v) is 3.68. The standard InChI is InChI=1S/C13H22F3NO2/c1-3-9-17-12(11(18)19-4-2)7-5-10(6-8-12)13(14,15)16/h10,17H,3-9H2,1-2H3. The van der Waals surface area contributed by atoms with Crippen LogP contribution in [0.3, 0.4) is 0 Å². The minimum absolute atomic E-state index is 0.0149. The van der Waals surface area contributed by atoms with Gasteiger partial charge in [0.1, 0.15) is 5.54 Å². The third kappa shape index (κ3) is 4.09. The van der Waals surface area contributed by atoms with Gasteiger partial charge in [-0.05, 0) is 45.6 Å². The highest BCUT2D eigenvalue weighted by molar-refractivity contribution is 5.81. The second-order valence-electron chi connectivity index (χ2n) is 5.05. The van der Waals surface area contributed by atoms with Crippen molar-refractivity contribution in [3.63, 3.8) is 0 Å². The molecule has 0 aliphatic heterocycles. The maximum atomic E-state index is 12.7. The van der Waals surface area contributed by atoms with Crippen LogP contribution in [0, 0.1) is 5.92 Å². The molecular weight excluding hydrogens is 259 g/mol. The van der Waals surface area contributed by atoms with Crippen LogP contribution in [-0.2, 0) is 9.53 Å². The number of nitrogens with one attached hydrogen (secondary N) is 1. The van der Waals surface area contributed by atoms with Crippen LogP contribution in [0.25, 0.3) is 0 Å². The van der Waals surface area contributed by atoms with Crippen LogP contribution < -0.4 is 5.32 Å². The molecule has 1 saturated carbocycles. The van der Waals surface area contributed by atoms with Gasteiger partial charge >= 0.3 is 12.1 Å². The molecule has 1 rings (SSSR count). The molecule has 0 aromatic carbocycles. The smallest absolute Gasteiger partial charge is 0.391 e. The largest absolute Gasteiger partial charge is 0.465 e. The Labute approximate surface area is 111 Å². The average molecular weight is 281 g/mol. The molecule has 3 nitrogen and oxygen atoms in total. The normalized spacial score (nSPS) is 28.2. The van der Waals surface area contributed by atoms with E-state index in [4.69, 9.17) is 4.74 Å². The number of rotatable bonds is 5. The maximum Gasteiger partial charge on any atom is 0.391 e. The van der Waals surface area contributed by atoms with Crippen LogP contribution in [0.4, 0.5) is 13.2 Å². The van der Waals surface area contributed by atoms with E-state index in [1.165, 1.54) is 0 Å². The summed E-state index contributed by atoms with van der Waals surface area (Å²) in [5, 5.41) is 3.10. The third-order valence-electron chi connectivity index (χ3n) is 3.68. The Morgan fingerprint density at radius 3 is 2.32 bits per heavy atom. The fourth-order valence-corrected chi connectivity index (χ4v) is 2.52. The number of esters is 1. The summed E-state index contributed by atoms with van der Waals surface area (Å²) in [6.07, 6.45) is -2.99. The lowest BCUT2D eigenvalue weighted by atomic mass is 9.76. The summed E-state index contributed by atoms with van der Waals surface area (Å²) in [6, 6.07) is 0. The first kappa shape index (κ1) is 16.3. The highest BCUT2D eigenvalue weighted by atomic mass is 19.4. The van der Waals surface area contributed by atoms with Gasteiger partial charge < -0.3 is 10.1 Å². The number of hydrogen-bond acceptors (Lipinski definition) is 3. The van der Waals surface area contributed by atoms with Gasteiger partial charge in [0.15, 0.2) is 0 Å². The van der Waals surface area contributed by atoms with E-state index < -0.39 is 23.6 Å². The quantitative estimate of drug-likeness (QED) is 0.787. The van der Waals surface area contributed by atoms with E-state index in [1.54, 1.807) is 6.92 Å². The van der Waals surface area contributed by atoms with Crippen molar-refractivity contribution in [2.45, 2.75) is 57.7 Å². The van der Waals surface area contributed by atoms with E-state index >= 15 is 0 Å². The molecular formula is C13H22F3NO2. The molecule has 0 saturated heterocycles.